The molecule has 1 rings (SSSR count). The van der Waals surface area contributed by atoms with E-state index in [1.807, 2.05) is 0 Å². The molecule has 0 aliphatic carbocycles. The van der Waals surface area contributed by atoms with Gasteiger partial charge in [-0.2, -0.15) is 13.2 Å². The van der Waals surface area contributed by atoms with E-state index in [1.165, 1.54) is 12.1 Å². The molecule has 84 valence electrons. The largest absolute Gasteiger partial charge is 0.508 e. The Labute approximate surface area is 85.7 Å². The molecule has 0 heterocycles. The molecule has 0 bridgehead atoms. The van der Waals surface area contributed by atoms with E-state index >= 15 is 0 Å². The van der Waals surface area contributed by atoms with Crippen molar-refractivity contribution in [1.82, 2.24) is 5.32 Å². The van der Waals surface area contributed by atoms with Crippen molar-refractivity contribution in [3.05, 3.63) is 29.3 Å². The third kappa shape index (κ3) is 3.13. The van der Waals surface area contributed by atoms with Gasteiger partial charge in [-0.25, -0.2) is 0 Å². The lowest BCUT2D eigenvalue weighted by Gasteiger charge is -2.12. The molecule has 0 aliphatic heterocycles. The summed E-state index contributed by atoms with van der Waals surface area (Å²) in [7, 11) is 1.67. The van der Waals surface area contributed by atoms with Crippen LogP contribution in [-0.2, 0) is 12.6 Å². The molecule has 5 heteroatoms. The second kappa shape index (κ2) is 4.53. The molecule has 1 aromatic carbocycles. The average molecular weight is 219 g/mol. The normalized spacial score (nSPS) is 11.7. The van der Waals surface area contributed by atoms with Gasteiger partial charge in [0.05, 0.1) is 5.56 Å². The monoisotopic (exact) mass is 219 g/mol. The zero-order valence-electron chi connectivity index (χ0n) is 8.23. The van der Waals surface area contributed by atoms with Crippen LogP contribution >= 0.6 is 0 Å². The first-order valence-electron chi connectivity index (χ1n) is 4.49. The summed E-state index contributed by atoms with van der Waals surface area (Å²) in [5.74, 6) is -0.365. The van der Waals surface area contributed by atoms with Crippen LogP contribution in [-0.4, -0.2) is 18.7 Å². The molecular formula is C10H12F3NO. The van der Waals surface area contributed by atoms with E-state index in [4.69, 9.17) is 5.11 Å². The van der Waals surface area contributed by atoms with Crippen LogP contribution in [0.1, 0.15) is 11.1 Å². The number of nitrogens with one attached hydrogen (secondary N) is 1. The fraction of sp³-hybridized carbons (Fsp3) is 0.400. The Balaban J connectivity index is 3.04. The molecule has 0 unspecified atom stereocenters. The summed E-state index contributed by atoms with van der Waals surface area (Å²) in [4.78, 5) is 0. The Morgan fingerprint density at radius 2 is 2.00 bits per heavy atom. The molecule has 15 heavy (non-hydrogen) atoms. The van der Waals surface area contributed by atoms with Gasteiger partial charge in [0.2, 0.25) is 0 Å². The lowest BCUT2D eigenvalue weighted by molar-refractivity contribution is -0.138. The first kappa shape index (κ1) is 11.8. The van der Waals surface area contributed by atoms with Crippen LogP contribution in [0.15, 0.2) is 18.2 Å². The maximum Gasteiger partial charge on any atom is 0.416 e. The zero-order valence-corrected chi connectivity index (χ0v) is 8.23. The molecule has 2 N–H and O–H groups in total. The summed E-state index contributed by atoms with van der Waals surface area (Å²) >= 11 is 0. The van der Waals surface area contributed by atoms with Crippen molar-refractivity contribution in [2.24, 2.45) is 0 Å². The Bertz CT molecular complexity index is 336. The number of hydrogen-bond acceptors (Lipinski definition) is 2. The second-order valence-electron chi connectivity index (χ2n) is 3.19. The summed E-state index contributed by atoms with van der Waals surface area (Å²) in [5, 5.41) is 11.8. The summed E-state index contributed by atoms with van der Waals surface area (Å²) in [5.41, 5.74) is -0.576. The van der Waals surface area contributed by atoms with Crippen LogP contribution in [0.5, 0.6) is 5.75 Å². The number of phenolic OH excluding ortho intramolecular Hbond substituents is 1. The van der Waals surface area contributed by atoms with Crippen LogP contribution in [0.3, 0.4) is 0 Å². The summed E-state index contributed by atoms with van der Waals surface area (Å²) in [6, 6.07) is 3.32. The van der Waals surface area contributed by atoms with E-state index < -0.39 is 11.7 Å². The third-order valence-electron chi connectivity index (χ3n) is 2.04. The first-order chi connectivity index (χ1) is 6.95. The highest BCUT2D eigenvalue weighted by molar-refractivity contribution is 5.37. The highest BCUT2D eigenvalue weighted by Crippen LogP contribution is 2.34. The van der Waals surface area contributed by atoms with Crippen molar-refractivity contribution in [3.8, 4) is 5.75 Å². The van der Waals surface area contributed by atoms with Gasteiger partial charge < -0.3 is 10.4 Å². The fourth-order valence-electron chi connectivity index (χ4n) is 1.31. The molecule has 0 radical (unpaired) electrons. The molecule has 0 saturated heterocycles. The Morgan fingerprint density at radius 3 is 2.53 bits per heavy atom. The number of hydrogen-bond donors (Lipinski definition) is 2. The van der Waals surface area contributed by atoms with E-state index in [0.717, 1.165) is 6.07 Å². The van der Waals surface area contributed by atoms with Crippen LogP contribution < -0.4 is 5.32 Å². The van der Waals surface area contributed by atoms with Crippen LogP contribution in [0.25, 0.3) is 0 Å². The van der Waals surface area contributed by atoms with Gasteiger partial charge in [0.25, 0.3) is 0 Å². The van der Waals surface area contributed by atoms with Crippen molar-refractivity contribution in [2.45, 2.75) is 12.6 Å². The smallest absolute Gasteiger partial charge is 0.416 e. The standard InChI is InChI=1S/C10H12F3NO/c1-14-5-4-7-2-3-8(15)6-9(7)10(11,12)13/h2-3,6,14-15H,4-5H2,1H3. The van der Waals surface area contributed by atoms with Crippen LogP contribution in [0, 0.1) is 0 Å². The molecule has 0 aliphatic rings. The number of halogens is 3. The molecule has 2 nitrogen and oxygen atoms in total. The Morgan fingerprint density at radius 1 is 1.33 bits per heavy atom. The lowest BCUT2D eigenvalue weighted by Crippen LogP contribution is -2.15. The molecule has 0 fully saturated rings. The molecule has 0 amide bonds. The zero-order chi connectivity index (χ0) is 11.5. The van der Waals surface area contributed by atoms with Crippen molar-refractivity contribution < 1.29 is 18.3 Å². The average Bonchev–Trinajstić information content (AvgIpc) is 2.14. The minimum Gasteiger partial charge on any atom is -0.508 e. The summed E-state index contributed by atoms with van der Waals surface area (Å²) < 4.78 is 37.6. The maximum absolute atomic E-state index is 12.5. The van der Waals surface area contributed by atoms with E-state index in [2.05, 4.69) is 5.32 Å². The van der Waals surface area contributed by atoms with Crippen molar-refractivity contribution in [1.29, 1.82) is 0 Å². The van der Waals surface area contributed by atoms with Gasteiger partial charge in [-0.3, -0.25) is 0 Å². The van der Waals surface area contributed by atoms with Crippen molar-refractivity contribution in [2.75, 3.05) is 13.6 Å². The SMILES string of the molecule is CNCCc1ccc(O)cc1C(F)(F)F. The number of rotatable bonds is 3. The predicted octanol–water partition coefficient (Wildman–Crippen LogP) is 2.17. The summed E-state index contributed by atoms with van der Waals surface area (Å²) in [6.07, 6.45) is -4.13. The number of likely N-dealkylation sites (N-methyl/N-ethyl adjacent to an activating group) is 1. The minimum absolute atomic E-state index is 0.189. The first-order valence-corrected chi connectivity index (χ1v) is 4.49. The van der Waals surface area contributed by atoms with E-state index in [0.29, 0.717) is 6.54 Å². The number of alkyl halides is 3. The number of phenols is 1. The number of benzene rings is 1. The Kier molecular flexibility index (Phi) is 3.57. The third-order valence-corrected chi connectivity index (χ3v) is 2.04. The quantitative estimate of drug-likeness (QED) is 0.816. The van der Waals surface area contributed by atoms with Gasteiger partial charge in [-0.15, -0.1) is 0 Å². The molecule has 0 spiro atoms. The van der Waals surface area contributed by atoms with Gasteiger partial charge in [-0.1, -0.05) is 6.07 Å². The van der Waals surface area contributed by atoms with Crippen LogP contribution in [0.2, 0.25) is 0 Å². The maximum atomic E-state index is 12.5. The van der Waals surface area contributed by atoms with Gasteiger partial charge in [0.15, 0.2) is 0 Å². The molecule has 0 aromatic heterocycles. The second-order valence-corrected chi connectivity index (χ2v) is 3.19. The van der Waals surface area contributed by atoms with Crippen molar-refractivity contribution in [3.63, 3.8) is 0 Å². The number of aromatic hydroxyl groups is 1. The predicted molar refractivity (Wildman–Crippen MR) is 50.7 cm³/mol. The van der Waals surface area contributed by atoms with Gasteiger partial charge in [0.1, 0.15) is 5.75 Å². The Hall–Kier alpha value is -1.23. The van der Waals surface area contributed by atoms with Gasteiger partial charge in [0, 0.05) is 0 Å². The van der Waals surface area contributed by atoms with E-state index in [9.17, 15) is 13.2 Å². The molecule has 0 atom stereocenters. The van der Waals surface area contributed by atoms with E-state index in [-0.39, 0.29) is 17.7 Å². The highest BCUT2D eigenvalue weighted by Gasteiger charge is 2.33. The van der Waals surface area contributed by atoms with Crippen LogP contribution in [0.4, 0.5) is 13.2 Å². The molecule has 1 aromatic rings. The molecular weight excluding hydrogens is 207 g/mol. The molecule has 0 saturated carbocycles. The minimum atomic E-state index is -4.41. The fourth-order valence-corrected chi connectivity index (χ4v) is 1.31. The highest BCUT2D eigenvalue weighted by atomic mass is 19.4. The topological polar surface area (TPSA) is 32.3 Å². The van der Waals surface area contributed by atoms with E-state index in [1.54, 1.807) is 7.05 Å². The lowest BCUT2D eigenvalue weighted by atomic mass is 10.0. The van der Waals surface area contributed by atoms with Crippen molar-refractivity contribution >= 4 is 0 Å². The van der Waals surface area contributed by atoms with Gasteiger partial charge in [-0.05, 0) is 37.7 Å². The van der Waals surface area contributed by atoms with Gasteiger partial charge >= 0.3 is 6.18 Å². The summed E-state index contributed by atoms with van der Waals surface area (Å²) in [6.45, 7) is 0.466.